The van der Waals surface area contributed by atoms with Crippen molar-refractivity contribution in [3.8, 4) is 0 Å². The number of nitrogens with one attached hydrogen (secondary N) is 2. The average Bonchev–Trinajstić information content (AvgIpc) is 2.50. The van der Waals surface area contributed by atoms with Gasteiger partial charge >= 0.3 is 0 Å². The SMILES string of the molecule is CC(CC(=O)NCCc1ccccc1F)C1CCNCC1.Cl. The Morgan fingerprint density at radius 1 is 1.36 bits per heavy atom. The van der Waals surface area contributed by atoms with Crippen LogP contribution in [-0.2, 0) is 11.2 Å². The fourth-order valence-electron chi connectivity index (χ4n) is 2.98. The molecule has 1 aromatic rings. The zero-order valence-corrected chi connectivity index (χ0v) is 13.9. The summed E-state index contributed by atoms with van der Waals surface area (Å²) in [6.45, 7) is 4.78. The molecule has 1 unspecified atom stereocenters. The lowest BCUT2D eigenvalue weighted by molar-refractivity contribution is -0.122. The Kier molecular flexibility index (Phi) is 8.43. The summed E-state index contributed by atoms with van der Waals surface area (Å²) >= 11 is 0. The molecule has 0 aliphatic carbocycles. The summed E-state index contributed by atoms with van der Waals surface area (Å²) in [6, 6.07) is 6.72. The molecule has 1 aliphatic rings. The first-order valence-corrected chi connectivity index (χ1v) is 7.87. The van der Waals surface area contributed by atoms with Crippen LogP contribution in [0.5, 0.6) is 0 Å². The number of carbonyl (C=O) groups excluding carboxylic acids is 1. The maximum absolute atomic E-state index is 13.4. The first kappa shape index (κ1) is 18.9. The van der Waals surface area contributed by atoms with Gasteiger partial charge in [0, 0.05) is 13.0 Å². The van der Waals surface area contributed by atoms with Gasteiger partial charge < -0.3 is 10.6 Å². The first-order chi connectivity index (χ1) is 10.2. The van der Waals surface area contributed by atoms with Crippen molar-refractivity contribution in [1.82, 2.24) is 10.6 Å². The van der Waals surface area contributed by atoms with Gasteiger partial charge in [-0.15, -0.1) is 12.4 Å². The molecule has 0 spiro atoms. The third kappa shape index (κ3) is 5.93. The van der Waals surface area contributed by atoms with Crippen molar-refractivity contribution in [3.05, 3.63) is 35.6 Å². The number of carbonyl (C=O) groups is 1. The van der Waals surface area contributed by atoms with Crippen molar-refractivity contribution in [2.45, 2.75) is 32.6 Å². The predicted molar refractivity (Wildman–Crippen MR) is 89.7 cm³/mol. The fourth-order valence-corrected chi connectivity index (χ4v) is 2.98. The molecule has 3 nitrogen and oxygen atoms in total. The van der Waals surface area contributed by atoms with Crippen molar-refractivity contribution >= 4 is 18.3 Å². The summed E-state index contributed by atoms with van der Waals surface area (Å²) in [7, 11) is 0. The number of rotatable bonds is 6. The Labute approximate surface area is 138 Å². The van der Waals surface area contributed by atoms with Gasteiger partial charge in [0.15, 0.2) is 0 Å². The van der Waals surface area contributed by atoms with Crippen LogP contribution in [0.1, 0.15) is 31.7 Å². The van der Waals surface area contributed by atoms with Gasteiger partial charge in [0.1, 0.15) is 5.82 Å². The second-order valence-electron chi connectivity index (χ2n) is 5.96. The molecule has 1 amide bonds. The van der Waals surface area contributed by atoms with E-state index < -0.39 is 0 Å². The summed E-state index contributed by atoms with van der Waals surface area (Å²) in [5, 5.41) is 6.25. The van der Waals surface area contributed by atoms with Crippen LogP contribution in [0.2, 0.25) is 0 Å². The largest absolute Gasteiger partial charge is 0.356 e. The van der Waals surface area contributed by atoms with Crippen LogP contribution >= 0.6 is 12.4 Å². The van der Waals surface area contributed by atoms with Crippen LogP contribution in [0.4, 0.5) is 4.39 Å². The molecule has 22 heavy (non-hydrogen) atoms. The molecular formula is C17H26ClFN2O. The van der Waals surface area contributed by atoms with Crippen molar-refractivity contribution < 1.29 is 9.18 Å². The average molecular weight is 329 g/mol. The lowest BCUT2D eigenvalue weighted by Crippen LogP contribution is -2.34. The number of piperidine rings is 1. The smallest absolute Gasteiger partial charge is 0.220 e. The lowest BCUT2D eigenvalue weighted by Gasteiger charge is -2.27. The Hall–Kier alpha value is -1.13. The van der Waals surface area contributed by atoms with Gasteiger partial charge in [-0.25, -0.2) is 4.39 Å². The highest BCUT2D eigenvalue weighted by Crippen LogP contribution is 2.24. The van der Waals surface area contributed by atoms with Gasteiger partial charge in [0.2, 0.25) is 5.91 Å². The molecule has 0 aromatic heterocycles. The standard InChI is InChI=1S/C17H25FN2O.ClH/c1-13(14-6-9-19-10-7-14)12-17(21)20-11-8-15-4-2-3-5-16(15)18;/h2-5,13-14,19H,6-12H2,1H3,(H,20,21);1H. The quantitative estimate of drug-likeness (QED) is 0.843. The molecule has 5 heteroatoms. The van der Waals surface area contributed by atoms with Gasteiger partial charge in [-0.3, -0.25) is 4.79 Å². The van der Waals surface area contributed by atoms with Crippen LogP contribution in [0.3, 0.4) is 0 Å². The summed E-state index contributed by atoms with van der Waals surface area (Å²) < 4.78 is 13.4. The van der Waals surface area contributed by atoms with Gasteiger partial charge in [-0.1, -0.05) is 25.1 Å². The van der Waals surface area contributed by atoms with E-state index in [4.69, 9.17) is 0 Å². The van der Waals surface area contributed by atoms with Crippen LogP contribution < -0.4 is 10.6 Å². The third-order valence-electron chi connectivity index (χ3n) is 4.37. The molecule has 124 valence electrons. The molecule has 0 bridgehead atoms. The molecule has 1 heterocycles. The lowest BCUT2D eigenvalue weighted by atomic mass is 9.84. The van der Waals surface area contributed by atoms with Gasteiger partial charge in [-0.05, 0) is 55.8 Å². The van der Waals surface area contributed by atoms with E-state index in [-0.39, 0.29) is 24.1 Å². The first-order valence-electron chi connectivity index (χ1n) is 7.87. The van der Waals surface area contributed by atoms with Crippen molar-refractivity contribution in [2.75, 3.05) is 19.6 Å². The number of hydrogen-bond acceptors (Lipinski definition) is 2. The van der Waals surface area contributed by atoms with E-state index >= 15 is 0 Å². The number of amides is 1. The van der Waals surface area contributed by atoms with Crippen LogP contribution in [0.15, 0.2) is 24.3 Å². The van der Waals surface area contributed by atoms with Crippen LogP contribution in [-0.4, -0.2) is 25.5 Å². The molecule has 0 radical (unpaired) electrons. The summed E-state index contributed by atoms with van der Waals surface area (Å²) in [6.07, 6.45) is 3.43. The molecular weight excluding hydrogens is 303 g/mol. The van der Waals surface area contributed by atoms with Crippen molar-refractivity contribution in [1.29, 1.82) is 0 Å². The van der Waals surface area contributed by atoms with E-state index in [1.165, 1.54) is 6.07 Å². The normalized spacial score (nSPS) is 16.6. The minimum atomic E-state index is -0.199. The Morgan fingerprint density at radius 3 is 2.73 bits per heavy atom. The fraction of sp³-hybridized carbons (Fsp3) is 0.588. The molecule has 1 atom stereocenters. The second-order valence-corrected chi connectivity index (χ2v) is 5.96. The van der Waals surface area contributed by atoms with Gasteiger partial charge in [0.05, 0.1) is 0 Å². The zero-order chi connectivity index (χ0) is 15.1. The van der Waals surface area contributed by atoms with Crippen LogP contribution in [0, 0.1) is 17.7 Å². The van der Waals surface area contributed by atoms with Gasteiger partial charge in [0.25, 0.3) is 0 Å². The molecule has 2 N–H and O–H groups in total. The third-order valence-corrected chi connectivity index (χ3v) is 4.37. The Balaban J connectivity index is 0.00000242. The highest BCUT2D eigenvalue weighted by molar-refractivity contribution is 5.85. The van der Waals surface area contributed by atoms with E-state index in [1.54, 1.807) is 12.1 Å². The highest BCUT2D eigenvalue weighted by Gasteiger charge is 2.21. The maximum Gasteiger partial charge on any atom is 0.220 e. The summed E-state index contributed by atoms with van der Waals surface area (Å²) in [5.74, 6) is 0.941. The molecule has 0 saturated carbocycles. The van der Waals surface area contributed by atoms with E-state index in [1.807, 2.05) is 6.07 Å². The van der Waals surface area contributed by atoms with Crippen LogP contribution in [0.25, 0.3) is 0 Å². The zero-order valence-electron chi connectivity index (χ0n) is 13.1. The van der Waals surface area contributed by atoms with E-state index in [9.17, 15) is 9.18 Å². The number of benzene rings is 1. The second kappa shape index (κ2) is 9.80. The molecule has 1 fully saturated rings. The predicted octanol–water partition coefficient (Wildman–Crippen LogP) is 2.93. The summed E-state index contributed by atoms with van der Waals surface area (Å²) in [4.78, 5) is 12.0. The van der Waals surface area contributed by atoms with Crippen molar-refractivity contribution in [3.63, 3.8) is 0 Å². The number of hydrogen-bond donors (Lipinski definition) is 2. The van der Waals surface area contributed by atoms with E-state index in [0.717, 1.165) is 25.9 Å². The number of halogens is 2. The minimum Gasteiger partial charge on any atom is -0.356 e. The van der Waals surface area contributed by atoms with Gasteiger partial charge in [-0.2, -0.15) is 0 Å². The molecule has 1 aromatic carbocycles. The highest BCUT2D eigenvalue weighted by atomic mass is 35.5. The monoisotopic (exact) mass is 328 g/mol. The van der Waals surface area contributed by atoms with E-state index in [0.29, 0.717) is 36.8 Å². The van der Waals surface area contributed by atoms with E-state index in [2.05, 4.69) is 17.6 Å². The Bertz CT molecular complexity index is 464. The molecule has 1 aliphatic heterocycles. The molecule has 1 saturated heterocycles. The molecule has 2 rings (SSSR count). The van der Waals surface area contributed by atoms with Crippen molar-refractivity contribution in [2.24, 2.45) is 11.8 Å². The Morgan fingerprint density at radius 2 is 2.05 bits per heavy atom. The minimum absolute atomic E-state index is 0. The summed E-state index contributed by atoms with van der Waals surface area (Å²) in [5.41, 5.74) is 0.657. The topological polar surface area (TPSA) is 41.1 Å². The maximum atomic E-state index is 13.4.